The first-order valence-corrected chi connectivity index (χ1v) is 6.70. The molecule has 1 heterocycles. The molecule has 3 aliphatic rings. The van der Waals surface area contributed by atoms with Crippen LogP contribution in [0.5, 0.6) is 0 Å². The molecule has 0 saturated heterocycles. The quantitative estimate of drug-likeness (QED) is 0.742. The molecular weight excluding hydrogens is 224 g/mol. The van der Waals surface area contributed by atoms with E-state index in [-0.39, 0.29) is 0 Å². The van der Waals surface area contributed by atoms with Gasteiger partial charge < -0.3 is 9.64 Å². The van der Waals surface area contributed by atoms with Crippen LogP contribution in [0.15, 0.2) is 40.2 Å². The summed E-state index contributed by atoms with van der Waals surface area (Å²) in [5, 5.41) is 0. The van der Waals surface area contributed by atoms with Gasteiger partial charge in [-0.25, -0.2) is 0 Å². The van der Waals surface area contributed by atoms with Crippen LogP contribution in [-0.2, 0) is 4.74 Å². The molecular formula is C15H20N2O. The van der Waals surface area contributed by atoms with E-state index in [9.17, 15) is 0 Å². The highest BCUT2D eigenvalue weighted by molar-refractivity contribution is 6.08. The van der Waals surface area contributed by atoms with Crippen LogP contribution in [-0.4, -0.2) is 37.4 Å². The first-order chi connectivity index (χ1) is 8.78. The van der Waals surface area contributed by atoms with Gasteiger partial charge in [-0.2, -0.15) is 0 Å². The van der Waals surface area contributed by atoms with Crippen molar-refractivity contribution in [1.82, 2.24) is 4.90 Å². The van der Waals surface area contributed by atoms with Gasteiger partial charge in [-0.3, -0.25) is 4.99 Å². The fourth-order valence-electron chi connectivity index (χ4n) is 2.55. The number of ether oxygens (including phenoxy) is 1. The van der Waals surface area contributed by atoms with Crippen LogP contribution < -0.4 is 0 Å². The van der Waals surface area contributed by atoms with Crippen LogP contribution in [0.25, 0.3) is 0 Å². The number of aliphatic imine (C=N–C) groups is 1. The van der Waals surface area contributed by atoms with Crippen LogP contribution >= 0.6 is 0 Å². The standard InChI is InChI=1S/C15H20N2O/c1-17(12-3-4-12)8-7-11-10-16-15-6-5-13(18-2)9-14(11)15/h5,9-10,12H,3-4,6-8H2,1-2H3. The molecule has 0 radical (unpaired) electrons. The number of allylic oxidation sites excluding steroid dienone is 3. The van der Waals surface area contributed by atoms with Gasteiger partial charge in [0.25, 0.3) is 0 Å². The molecule has 0 N–H and O–H groups in total. The molecule has 0 atom stereocenters. The molecule has 3 heteroatoms. The molecule has 0 aromatic heterocycles. The Balaban J connectivity index is 1.63. The summed E-state index contributed by atoms with van der Waals surface area (Å²) in [7, 11) is 3.95. The lowest BCUT2D eigenvalue weighted by molar-refractivity contribution is 0.305. The average molecular weight is 244 g/mol. The summed E-state index contributed by atoms with van der Waals surface area (Å²) in [5.41, 5.74) is 3.85. The maximum Gasteiger partial charge on any atom is 0.115 e. The van der Waals surface area contributed by atoms with Gasteiger partial charge in [0.2, 0.25) is 0 Å². The third kappa shape index (κ3) is 2.27. The van der Waals surface area contributed by atoms with E-state index in [0.29, 0.717) is 0 Å². The highest BCUT2D eigenvalue weighted by atomic mass is 16.5. The second-order valence-corrected chi connectivity index (χ2v) is 5.26. The van der Waals surface area contributed by atoms with Crippen LogP contribution in [0.1, 0.15) is 25.7 Å². The molecule has 2 aliphatic carbocycles. The smallest absolute Gasteiger partial charge is 0.115 e. The van der Waals surface area contributed by atoms with Crippen molar-refractivity contribution in [2.45, 2.75) is 31.7 Å². The van der Waals surface area contributed by atoms with E-state index in [1.54, 1.807) is 7.11 Å². The van der Waals surface area contributed by atoms with Gasteiger partial charge in [-0.05, 0) is 44.0 Å². The number of rotatable bonds is 5. The molecule has 1 saturated carbocycles. The molecule has 0 aromatic carbocycles. The maximum absolute atomic E-state index is 5.31. The van der Waals surface area contributed by atoms with E-state index in [1.807, 2.05) is 6.20 Å². The molecule has 3 nitrogen and oxygen atoms in total. The third-order valence-corrected chi connectivity index (χ3v) is 3.96. The summed E-state index contributed by atoms with van der Waals surface area (Å²) in [6.45, 7) is 1.13. The molecule has 18 heavy (non-hydrogen) atoms. The normalized spacial score (nSPS) is 22.2. The molecule has 0 amide bonds. The first kappa shape index (κ1) is 11.7. The topological polar surface area (TPSA) is 24.8 Å². The van der Waals surface area contributed by atoms with E-state index in [1.165, 1.54) is 29.7 Å². The zero-order chi connectivity index (χ0) is 12.5. The third-order valence-electron chi connectivity index (χ3n) is 3.96. The lowest BCUT2D eigenvalue weighted by Crippen LogP contribution is -2.22. The Morgan fingerprint density at radius 3 is 3.00 bits per heavy atom. The molecule has 1 aliphatic heterocycles. The molecule has 0 aromatic rings. The molecule has 0 bridgehead atoms. The summed E-state index contributed by atoms with van der Waals surface area (Å²) in [5.74, 6) is 0.965. The predicted molar refractivity (Wildman–Crippen MR) is 73.6 cm³/mol. The minimum absolute atomic E-state index is 0.835. The van der Waals surface area contributed by atoms with Crippen molar-refractivity contribution in [2.75, 3.05) is 20.7 Å². The lowest BCUT2D eigenvalue weighted by Gasteiger charge is -2.18. The average Bonchev–Trinajstić information content (AvgIpc) is 3.17. The second-order valence-electron chi connectivity index (χ2n) is 5.26. The second kappa shape index (κ2) is 4.73. The number of methoxy groups -OCH3 is 1. The fraction of sp³-hybridized carbons (Fsp3) is 0.533. The molecule has 1 fully saturated rings. The van der Waals surface area contributed by atoms with E-state index < -0.39 is 0 Å². The monoisotopic (exact) mass is 244 g/mol. The SMILES string of the molecule is COC1=CCC2=NC=C(CCN(C)C3CC3)C2=C1. The van der Waals surface area contributed by atoms with Crippen LogP contribution in [0.3, 0.4) is 0 Å². The van der Waals surface area contributed by atoms with Crippen molar-refractivity contribution in [3.8, 4) is 0 Å². The van der Waals surface area contributed by atoms with E-state index in [2.05, 4.69) is 29.1 Å². The summed E-state index contributed by atoms with van der Waals surface area (Å²) >= 11 is 0. The van der Waals surface area contributed by atoms with Crippen LogP contribution in [0.2, 0.25) is 0 Å². The summed E-state index contributed by atoms with van der Waals surface area (Å²) < 4.78 is 5.31. The minimum Gasteiger partial charge on any atom is -0.497 e. The van der Waals surface area contributed by atoms with Gasteiger partial charge in [0.15, 0.2) is 0 Å². The molecule has 0 unspecified atom stereocenters. The molecule has 0 spiro atoms. The number of fused-ring (bicyclic) bond motifs is 1. The number of nitrogens with zero attached hydrogens (tertiary/aromatic N) is 2. The summed E-state index contributed by atoms with van der Waals surface area (Å²) in [6, 6.07) is 0.835. The number of hydrogen-bond donors (Lipinski definition) is 0. The maximum atomic E-state index is 5.31. The highest BCUT2D eigenvalue weighted by Crippen LogP contribution is 2.31. The van der Waals surface area contributed by atoms with Crippen LogP contribution in [0, 0.1) is 0 Å². The van der Waals surface area contributed by atoms with E-state index >= 15 is 0 Å². The van der Waals surface area contributed by atoms with Crippen molar-refractivity contribution < 1.29 is 4.74 Å². The Labute approximate surface area is 109 Å². The van der Waals surface area contributed by atoms with Crippen molar-refractivity contribution in [3.63, 3.8) is 0 Å². The van der Waals surface area contributed by atoms with Crippen molar-refractivity contribution in [3.05, 3.63) is 35.3 Å². The Morgan fingerprint density at radius 2 is 2.28 bits per heavy atom. The molecule has 3 rings (SSSR count). The lowest BCUT2D eigenvalue weighted by atomic mass is 9.95. The summed E-state index contributed by atoms with van der Waals surface area (Å²) in [4.78, 5) is 6.98. The molecule has 96 valence electrons. The van der Waals surface area contributed by atoms with E-state index in [0.717, 1.165) is 31.2 Å². The van der Waals surface area contributed by atoms with Crippen molar-refractivity contribution in [1.29, 1.82) is 0 Å². The number of hydrogen-bond acceptors (Lipinski definition) is 3. The van der Waals surface area contributed by atoms with Crippen LogP contribution in [0.4, 0.5) is 0 Å². The largest absolute Gasteiger partial charge is 0.497 e. The van der Waals surface area contributed by atoms with Gasteiger partial charge in [-0.15, -0.1) is 0 Å². The summed E-state index contributed by atoms with van der Waals surface area (Å²) in [6.07, 6.45) is 11.0. The fourth-order valence-corrected chi connectivity index (χ4v) is 2.55. The van der Waals surface area contributed by atoms with Gasteiger partial charge in [-0.1, -0.05) is 0 Å². The van der Waals surface area contributed by atoms with Crippen molar-refractivity contribution in [2.24, 2.45) is 4.99 Å². The van der Waals surface area contributed by atoms with E-state index in [4.69, 9.17) is 4.74 Å². The van der Waals surface area contributed by atoms with Gasteiger partial charge in [0.1, 0.15) is 5.76 Å². The van der Waals surface area contributed by atoms with Gasteiger partial charge in [0.05, 0.1) is 12.8 Å². The Bertz CT molecular complexity index is 467. The zero-order valence-corrected chi connectivity index (χ0v) is 11.1. The predicted octanol–water partition coefficient (Wildman–Crippen LogP) is 2.67. The Morgan fingerprint density at radius 1 is 1.44 bits per heavy atom. The zero-order valence-electron chi connectivity index (χ0n) is 11.1. The Kier molecular flexibility index (Phi) is 3.08. The Hall–Kier alpha value is -1.35. The van der Waals surface area contributed by atoms with Crippen molar-refractivity contribution >= 4 is 5.71 Å². The first-order valence-electron chi connectivity index (χ1n) is 6.70. The van der Waals surface area contributed by atoms with Gasteiger partial charge in [0, 0.05) is 30.8 Å². The van der Waals surface area contributed by atoms with Gasteiger partial charge >= 0.3 is 0 Å². The minimum atomic E-state index is 0.835. The highest BCUT2D eigenvalue weighted by Gasteiger charge is 2.27.